The summed E-state index contributed by atoms with van der Waals surface area (Å²) in [4.78, 5) is 38.9. The molecule has 3 aliphatic rings. The van der Waals surface area contributed by atoms with E-state index >= 15 is 0 Å². The maximum Gasteiger partial charge on any atom is 0.407 e. The average Bonchev–Trinajstić information content (AvgIpc) is 3.40. The zero-order valence-corrected chi connectivity index (χ0v) is 19.5. The van der Waals surface area contributed by atoms with Crippen LogP contribution in [0, 0.1) is 5.41 Å². The largest absolute Gasteiger partial charge is 0.478 e. The van der Waals surface area contributed by atoms with Crippen LogP contribution in [0.25, 0.3) is 11.1 Å². The van der Waals surface area contributed by atoms with E-state index in [4.69, 9.17) is 14.6 Å². The second-order valence-electron chi connectivity index (χ2n) is 9.49. The zero-order chi connectivity index (χ0) is 24.6. The van der Waals surface area contributed by atoms with Crippen molar-refractivity contribution in [2.24, 2.45) is 5.41 Å². The number of amides is 2. The van der Waals surface area contributed by atoms with Crippen LogP contribution in [0.15, 0.2) is 60.2 Å². The van der Waals surface area contributed by atoms with Crippen LogP contribution in [0.5, 0.6) is 0 Å². The molecule has 2 atom stereocenters. The molecule has 1 saturated heterocycles. The summed E-state index contributed by atoms with van der Waals surface area (Å²) in [6.07, 6.45) is 1.27. The van der Waals surface area contributed by atoms with Crippen molar-refractivity contribution < 1.29 is 29.0 Å². The summed E-state index contributed by atoms with van der Waals surface area (Å²) in [7, 11) is 0. The van der Waals surface area contributed by atoms with Crippen molar-refractivity contribution in [3.05, 3.63) is 71.3 Å². The molecule has 1 aliphatic carbocycles. The van der Waals surface area contributed by atoms with E-state index in [2.05, 4.69) is 29.6 Å². The number of fused-ring (bicyclic) bond motifs is 3. The first-order valence-corrected chi connectivity index (χ1v) is 11.8. The molecule has 2 N–H and O–H groups in total. The van der Waals surface area contributed by atoms with Gasteiger partial charge in [-0.1, -0.05) is 54.6 Å². The Hall–Kier alpha value is -3.65. The number of hydrogen-bond donors (Lipinski definition) is 2. The first-order valence-electron chi connectivity index (χ1n) is 11.8. The first kappa shape index (κ1) is 23.1. The summed E-state index contributed by atoms with van der Waals surface area (Å²) in [5, 5.41) is 12.0. The van der Waals surface area contributed by atoms with Crippen LogP contribution in [-0.2, 0) is 19.1 Å². The van der Waals surface area contributed by atoms with Gasteiger partial charge in [-0.15, -0.1) is 0 Å². The third-order valence-electron chi connectivity index (χ3n) is 7.35. The minimum Gasteiger partial charge on any atom is -0.478 e. The molecule has 0 aromatic heterocycles. The molecule has 2 aromatic carbocycles. The third-order valence-corrected chi connectivity index (χ3v) is 7.35. The zero-order valence-electron chi connectivity index (χ0n) is 19.5. The highest BCUT2D eigenvalue weighted by Crippen LogP contribution is 2.44. The van der Waals surface area contributed by atoms with Gasteiger partial charge in [0, 0.05) is 24.6 Å². The molecule has 5 rings (SSSR count). The van der Waals surface area contributed by atoms with Crippen LogP contribution in [-0.4, -0.2) is 66.9 Å². The molecule has 8 heteroatoms. The normalized spacial score (nSPS) is 23.3. The van der Waals surface area contributed by atoms with E-state index in [0.29, 0.717) is 18.5 Å². The van der Waals surface area contributed by atoms with Crippen LogP contribution >= 0.6 is 0 Å². The van der Waals surface area contributed by atoms with Gasteiger partial charge in [0.25, 0.3) is 0 Å². The fourth-order valence-corrected chi connectivity index (χ4v) is 5.28. The van der Waals surface area contributed by atoms with Crippen LogP contribution < -0.4 is 5.32 Å². The molecule has 0 saturated carbocycles. The highest BCUT2D eigenvalue weighted by molar-refractivity contribution is 5.89. The number of carboxylic acids is 1. The van der Waals surface area contributed by atoms with Crippen LogP contribution in [0.4, 0.5) is 4.79 Å². The average molecular weight is 477 g/mol. The van der Waals surface area contributed by atoms with Gasteiger partial charge in [0.15, 0.2) is 0 Å². The number of hydrogen-bond acceptors (Lipinski definition) is 5. The molecule has 2 unspecified atom stereocenters. The van der Waals surface area contributed by atoms with Gasteiger partial charge in [-0.05, 0) is 35.6 Å². The summed E-state index contributed by atoms with van der Waals surface area (Å²) in [5.41, 5.74) is 3.92. The van der Waals surface area contributed by atoms with Crippen molar-refractivity contribution in [2.75, 3.05) is 32.9 Å². The third kappa shape index (κ3) is 4.18. The first-order chi connectivity index (χ1) is 16.9. The highest BCUT2D eigenvalue weighted by Gasteiger charge is 2.49. The summed E-state index contributed by atoms with van der Waals surface area (Å²) < 4.78 is 11.2. The lowest BCUT2D eigenvalue weighted by molar-refractivity contribution is -0.142. The maximum absolute atomic E-state index is 13.3. The van der Waals surface area contributed by atoms with Crippen molar-refractivity contribution >= 4 is 18.0 Å². The molecular formula is C27H28N2O6. The quantitative estimate of drug-likeness (QED) is 0.687. The summed E-state index contributed by atoms with van der Waals surface area (Å²) in [6.45, 7) is 2.89. The van der Waals surface area contributed by atoms with Gasteiger partial charge in [-0.2, -0.15) is 0 Å². The Kier molecular flexibility index (Phi) is 6.06. The van der Waals surface area contributed by atoms with E-state index < -0.39 is 23.5 Å². The van der Waals surface area contributed by atoms with E-state index in [1.807, 2.05) is 24.3 Å². The second-order valence-corrected chi connectivity index (χ2v) is 9.49. The van der Waals surface area contributed by atoms with Gasteiger partial charge < -0.3 is 24.8 Å². The van der Waals surface area contributed by atoms with Gasteiger partial charge in [-0.25, -0.2) is 9.59 Å². The Morgan fingerprint density at radius 1 is 1.11 bits per heavy atom. The van der Waals surface area contributed by atoms with Gasteiger partial charge in [0.1, 0.15) is 6.61 Å². The van der Waals surface area contributed by atoms with Crippen molar-refractivity contribution in [3.63, 3.8) is 0 Å². The smallest absolute Gasteiger partial charge is 0.407 e. The molecule has 0 spiro atoms. The summed E-state index contributed by atoms with van der Waals surface area (Å²) in [5.74, 6) is -1.17. The number of nitrogens with zero attached hydrogens (tertiary/aromatic N) is 1. The van der Waals surface area contributed by atoms with E-state index in [0.717, 1.165) is 22.3 Å². The number of nitrogens with one attached hydrogen (secondary N) is 1. The Bertz CT molecular complexity index is 1160. The van der Waals surface area contributed by atoms with Crippen molar-refractivity contribution in [1.82, 2.24) is 10.2 Å². The van der Waals surface area contributed by atoms with Gasteiger partial charge >= 0.3 is 12.1 Å². The number of ether oxygens (including phenoxy) is 2. The monoisotopic (exact) mass is 476 g/mol. The Morgan fingerprint density at radius 2 is 1.77 bits per heavy atom. The Morgan fingerprint density at radius 3 is 2.37 bits per heavy atom. The number of alkyl carbamates (subject to hydrolysis) is 1. The van der Waals surface area contributed by atoms with E-state index in [1.165, 1.54) is 0 Å². The van der Waals surface area contributed by atoms with Gasteiger partial charge in [0.2, 0.25) is 5.91 Å². The maximum atomic E-state index is 13.3. The minimum atomic E-state index is -0.958. The second kappa shape index (κ2) is 9.19. The SMILES string of the molecule is CC1(C(=O)N2CC=C(C(=O)O)CC2)COCC1NC(=O)OCC1c2ccccc2-c2ccccc21. The number of aliphatic carboxylic acids is 1. The minimum absolute atomic E-state index is 0.0513. The molecule has 8 nitrogen and oxygen atoms in total. The summed E-state index contributed by atoms with van der Waals surface area (Å²) in [6, 6.07) is 15.7. The topological polar surface area (TPSA) is 105 Å². The van der Waals surface area contributed by atoms with Gasteiger partial charge in [0.05, 0.1) is 24.7 Å². The lowest BCUT2D eigenvalue weighted by atomic mass is 9.83. The molecule has 2 amide bonds. The molecule has 1 fully saturated rings. The van der Waals surface area contributed by atoms with E-state index in [1.54, 1.807) is 17.9 Å². The Labute approximate surface area is 203 Å². The summed E-state index contributed by atoms with van der Waals surface area (Å²) >= 11 is 0. The molecule has 182 valence electrons. The van der Waals surface area contributed by atoms with E-state index in [-0.39, 0.29) is 38.2 Å². The fraction of sp³-hybridized carbons (Fsp3) is 0.370. The van der Waals surface area contributed by atoms with Crippen molar-refractivity contribution in [3.8, 4) is 11.1 Å². The van der Waals surface area contributed by atoms with E-state index in [9.17, 15) is 14.4 Å². The Balaban J connectivity index is 1.23. The molecule has 0 radical (unpaired) electrons. The number of carbonyl (C=O) groups excluding carboxylic acids is 2. The molecule has 0 bridgehead atoms. The van der Waals surface area contributed by atoms with Crippen LogP contribution in [0.3, 0.4) is 0 Å². The molecular weight excluding hydrogens is 448 g/mol. The van der Waals surface area contributed by atoms with Crippen LogP contribution in [0.2, 0.25) is 0 Å². The van der Waals surface area contributed by atoms with Gasteiger partial charge in [-0.3, -0.25) is 4.79 Å². The molecule has 2 heterocycles. The predicted octanol–water partition coefficient (Wildman–Crippen LogP) is 3.17. The van der Waals surface area contributed by atoms with Crippen molar-refractivity contribution in [1.29, 1.82) is 0 Å². The number of rotatable bonds is 5. The standard InChI is InChI=1S/C27H28N2O6/c1-27(25(32)29-12-10-17(11-13-29)24(30)31)16-34-15-23(27)28-26(33)35-14-22-20-8-4-2-6-18(20)19-7-3-5-9-21(19)22/h2-10,22-23H,11-16H2,1H3,(H,28,33)(H,30,31). The highest BCUT2D eigenvalue weighted by atomic mass is 16.5. The number of carbonyl (C=O) groups is 3. The van der Waals surface area contributed by atoms with Crippen molar-refractivity contribution in [2.45, 2.75) is 25.3 Å². The molecule has 2 aromatic rings. The molecule has 35 heavy (non-hydrogen) atoms. The molecule has 2 aliphatic heterocycles. The fourth-order valence-electron chi connectivity index (χ4n) is 5.28. The number of carboxylic acid groups (broad SMARTS) is 1. The lowest BCUT2D eigenvalue weighted by Crippen LogP contribution is -2.55. The number of benzene rings is 2. The van der Waals surface area contributed by atoms with Crippen LogP contribution in [0.1, 0.15) is 30.4 Å². The lowest BCUT2D eigenvalue weighted by Gasteiger charge is -2.35. The predicted molar refractivity (Wildman–Crippen MR) is 128 cm³/mol.